The summed E-state index contributed by atoms with van der Waals surface area (Å²) in [5.74, 6) is 0. The standard InChI is InChI=1S/C6H8F3NO/c7-1-5-6(2-8,3-9)4-11-10-5/h1-4H2. The predicted molar refractivity (Wildman–Crippen MR) is 33.7 cm³/mol. The smallest absolute Gasteiger partial charge is 0.133 e. The van der Waals surface area contributed by atoms with Gasteiger partial charge in [0.1, 0.15) is 37.8 Å². The maximum absolute atomic E-state index is 12.2. The summed E-state index contributed by atoms with van der Waals surface area (Å²) in [5, 5.41) is 3.21. The third kappa shape index (κ3) is 1.19. The minimum absolute atomic E-state index is 0.164. The van der Waals surface area contributed by atoms with Crippen LogP contribution in [-0.4, -0.2) is 32.3 Å². The highest BCUT2D eigenvalue weighted by Gasteiger charge is 2.42. The molecule has 5 heteroatoms. The van der Waals surface area contributed by atoms with Gasteiger partial charge in [0.05, 0.1) is 0 Å². The molecule has 0 spiro atoms. The van der Waals surface area contributed by atoms with Crippen molar-refractivity contribution in [3.63, 3.8) is 0 Å². The lowest BCUT2D eigenvalue weighted by Crippen LogP contribution is -2.36. The average molecular weight is 167 g/mol. The van der Waals surface area contributed by atoms with E-state index in [0.717, 1.165) is 0 Å². The molecule has 1 heterocycles. The number of hydrogen-bond acceptors (Lipinski definition) is 2. The summed E-state index contributed by atoms with van der Waals surface area (Å²) in [4.78, 5) is 4.41. The Morgan fingerprint density at radius 3 is 2.36 bits per heavy atom. The molecule has 0 saturated heterocycles. The first kappa shape index (κ1) is 8.36. The Morgan fingerprint density at radius 1 is 1.36 bits per heavy atom. The van der Waals surface area contributed by atoms with E-state index in [4.69, 9.17) is 0 Å². The Hall–Kier alpha value is -0.740. The molecule has 0 N–H and O–H groups in total. The van der Waals surface area contributed by atoms with Crippen LogP contribution in [0.5, 0.6) is 0 Å². The van der Waals surface area contributed by atoms with E-state index in [2.05, 4.69) is 9.99 Å². The number of oxime groups is 1. The van der Waals surface area contributed by atoms with Gasteiger partial charge < -0.3 is 4.84 Å². The van der Waals surface area contributed by atoms with Crippen molar-refractivity contribution in [1.82, 2.24) is 0 Å². The Bertz CT molecular complexity index is 167. The maximum Gasteiger partial charge on any atom is 0.133 e. The molecule has 0 unspecified atom stereocenters. The number of alkyl halides is 3. The molecule has 0 atom stereocenters. The molecule has 64 valence electrons. The zero-order chi connectivity index (χ0) is 8.32. The molecule has 0 amide bonds. The Labute approximate surface area is 62.0 Å². The Balaban J connectivity index is 2.75. The molecular formula is C6H8F3NO. The summed E-state index contributed by atoms with van der Waals surface area (Å²) in [5.41, 5.74) is -1.60. The van der Waals surface area contributed by atoms with Crippen LogP contribution in [0.4, 0.5) is 13.2 Å². The predicted octanol–water partition coefficient (Wildman–Crippen LogP) is 1.27. The minimum Gasteiger partial charge on any atom is -0.395 e. The van der Waals surface area contributed by atoms with Gasteiger partial charge >= 0.3 is 0 Å². The van der Waals surface area contributed by atoms with E-state index in [9.17, 15) is 13.2 Å². The van der Waals surface area contributed by atoms with Crippen LogP contribution in [0.1, 0.15) is 0 Å². The lowest BCUT2D eigenvalue weighted by Gasteiger charge is -2.18. The van der Waals surface area contributed by atoms with E-state index in [1.54, 1.807) is 0 Å². The summed E-state index contributed by atoms with van der Waals surface area (Å²) < 4.78 is 36.5. The first-order valence-electron chi connectivity index (χ1n) is 3.16. The van der Waals surface area contributed by atoms with E-state index in [1.165, 1.54) is 0 Å². The van der Waals surface area contributed by atoms with Crippen molar-refractivity contribution in [3.8, 4) is 0 Å². The molecule has 0 aromatic rings. The van der Waals surface area contributed by atoms with Crippen LogP contribution in [0, 0.1) is 5.41 Å². The van der Waals surface area contributed by atoms with E-state index in [1.807, 2.05) is 0 Å². The fourth-order valence-electron chi connectivity index (χ4n) is 0.847. The second-order valence-corrected chi connectivity index (χ2v) is 2.49. The largest absolute Gasteiger partial charge is 0.395 e. The van der Waals surface area contributed by atoms with Crippen LogP contribution >= 0.6 is 0 Å². The molecule has 1 aliphatic rings. The van der Waals surface area contributed by atoms with E-state index < -0.39 is 25.4 Å². The van der Waals surface area contributed by atoms with Crippen LogP contribution < -0.4 is 0 Å². The van der Waals surface area contributed by atoms with Gasteiger partial charge in [0.25, 0.3) is 0 Å². The molecule has 11 heavy (non-hydrogen) atoms. The lowest BCUT2D eigenvalue weighted by atomic mass is 9.88. The number of hydrogen-bond donors (Lipinski definition) is 0. The van der Waals surface area contributed by atoms with Gasteiger partial charge in [0, 0.05) is 0 Å². The quantitative estimate of drug-likeness (QED) is 0.620. The number of halogens is 3. The first-order chi connectivity index (χ1) is 5.29. The van der Waals surface area contributed by atoms with Gasteiger partial charge in [-0.2, -0.15) is 0 Å². The van der Waals surface area contributed by atoms with Crippen molar-refractivity contribution in [2.75, 3.05) is 26.6 Å². The van der Waals surface area contributed by atoms with E-state index in [0.29, 0.717) is 0 Å². The molecule has 2 nitrogen and oxygen atoms in total. The van der Waals surface area contributed by atoms with Gasteiger partial charge in [-0.05, 0) is 0 Å². The van der Waals surface area contributed by atoms with Crippen molar-refractivity contribution in [2.45, 2.75) is 0 Å². The van der Waals surface area contributed by atoms with Crippen molar-refractivity contribution in [3.05, 3.63) is 0 Å². The van der Waals surface area contributed by atoms with Gasteiger partial charge in [-0.15, -0.1) is 0 Å². The van der Waals surface area contributed by atoms with Crippen LogP contribution in [0.3, 0.4) is 0 Å². The fraction of sp³-hybridized carbons (Fsp3) is 0.833. The fourth-order valence-corrected chi connectivity index (χ4v) is 0.847. The van der Waals surface area contributed by atoms with Crippen LogP contribution in [-0.2, 0) is 4.84 Å². The van der Waals surface area contributed by atoms with Crippen LogP contribution in [0.2, 0.25) is 0 Å². The van der Waals surface area contributed by atoms with Gasteiger partial charge in [0.2, 0.25) is 0 Å². The second-order valence-electron chi connectivity index (χ2n) is 2.49. The van der Waals surface area contributed by atoms with Crippen LogP contribution in [0.15, 0.2) is 5.16 Å². The molecule has 0 saturated carbocycles. The van der Waals surface area contributed by atoms with Crippen molar-refractivity contribution in [1.29, 1.82) is 0 Å². The Morgan fingerprint density at radius 2 is 2.00 bits per heavy atom. The SMILES string of the molecule is FCC1=NOCC1(CF)CF. The topological polar surface area (TPSA) is 21.6 Å². The highest BCUT2D eigenvalue weighted by atomic mass is 19.1. The van der Waals surface area contributed by atoms with Crippen molar-refractivity contribution in [2.24, 2.45) is 10.6 Å². The molecule has 0 aromatic carbocycles. The molecule has 0 bridgehead atoms. The van der Waals surface area contributed by atoms with Crippen molar-refractivity contribution < 1.29 is 18.0 Å². The summed E-state index contributed by atoms with van der Waals surface area (Å²) in [6.45, 7) is -3.08. The monoisotopic (exact) mass is 167 g/mol. The second kappa shape index (κ2) is 3.11. The van der Waals surface area contributed by atoms with E-state index >= 15 is 0 Å². The Kier molecular flexibility index (Phi) is 2.36. The normalized spacial score (nSPS) is 21.2. The third-order valence-corrected chi connectivity index (χ3v) is 1.77. The lowest BCUT2D eigenvalue weighted by molar-refractivity contribution is 0.0903. The summed E-state index contributed by atoms with van der Waals surface area (Å²) >= 11 is 0. The summed E-state index contributed by atoms with van der Waals surface area (Å²) in [7, 11) is 0. The van der Waals surface area contributed by atoms with Crippen LogP contribution in [0.25, 0.3) is 0 Å². The van der Waals surface area contributed by atoms with Gasteiger partial charge in [0.15, 0.2) is 0 Å². The molecule has 1 aliphatic heterocycles. The molecule has 1 rings (SSSR count). The van der Waals surface area contributed by atoms with Gasteiger partial charge in [-0.1, -0.05) is 5.16 Å². The van der Waals surface area contributed by atoms with E-state index in [-0.39, 0.29) is 12.3 Å². The number of rotatable bonds is 3. The van der Waals surface area contributed by atoms with Crippen molar-refractivity contribution >= 4 is 5.71 Å². The van der Waals surface area contributed by atoms with Gasteiger partial charge in [-0.3, -0.25) is 0 Å². The molecule has 0 fully saturated rings. The first-order valence-corrected chi connectivity index (χ1v) is 3.16. The summed E-state index contributed by atoms with van der Waals surface area (Å²) in [6, 6.07) is 0. The highest BCUT2D eigenvalue weighted by Crippen LogP contribution is 2.27. The molecule has 0 radical (unpaired) electrons. The third-order valence-electron chi connectivity index (χ3n) is 1.77. The summed E-state index contributed by atoms with van der Waals surface area (Å²) in [6.07, 6.45) is 0. The zero-order valence-electron chi connectivity index (χ0n) is 5.82. The average Bonchev–Trinajstić information content (AvgIpc) is 2.47. The molecular weight excluding hydrogens is 159 g/mol. The molecule has 0 aromatic heterocycles. The molecule has 0 aliphatic carbocycles. The zero-order valence-corrected chi connectivity index (χ0v) is 5.82. The number of nitrogens with zero attached hydrogens (tertiary/aromatic N) is 1. The highest BCUT2D eigenvalue weighted by molar-refractivity contribution is 5.92. The van der Waals surface area contributed by atoms with Gasteiger partial charge in [-0.25, -0.2) is 13.2 Å². The maximum atomic E-state index is 12.2. The minimum atomic E-state index is -1.44.